The second-order valence-electron chi connectivity index (χ2n) is 7.64. The van der Waals surface area contributed by atoms with Crippen LogP contribution in [0.4, 0.5) is 5.69 Å². The molecule has 1 N–H and O–H groups in total. The lowest BCUT2D eigenvalue weighted by atomic mass is 10.0. The van der Waals surface area contributed by atoms with Gasteiger partial charge in [-0.25, -0.2) is 0 Å². The van der Waals surface area contributed by atoms with Crippen molar-refractivity contribution in [3.8, 4) is 11.3 Å². The Bertz CT molecular complexity index is 1290. The van der Waals surface area contributed by atoms with Gasteiger partial charge in [0.25, 0.3) is 0 Å². The molecule has 0 aliphatic carbocycles. The highest BCUT2D eigenvalue weighted by atomic mass is 35.5. The molecule has 2 aromatic heterocycles. The van der Waals surface area contributed by atoms with Crippen LogP contribution in [0.1, 0.15) is 29.1 Å². The molecule has 4 aromatic rings. The molecule has 5 rings (SSSR count). The summed E-state index contributed by atoms with van der Waals surface area (Å²) in [6, 6.07) is 23.1. The topological polar surface area (TPSA) is 41.3 Å². The van der Waals surface area contributed by atoms with Gasteiger partial charge in [0.15, 0.2) is 5.11 Å². The Morgan fingerprint density at radius 1 is 1.00 bits per heavy atom. The highest BCUT2D eigenvalue weighted by molar-refractivity contribution is 7.80. The minimum atomic E-state index is -0.231. The summed E-state index contributed by atoms with van der Waals surface area (Å²) in [6.07, 6.45) is 1.78. The Labute approximate surface area is 201 Å². The summed E-state index contributed by atoms with van der Waals surface area (Å²) in [5.41, 5.74) is 3.77. The number of benzene rings is 2. The smallest absolute Gasteiger partial charge is 0.174 e. The van der Waals surface area contributed by atoms with Crippen LogP contribution < -0.4 is 10.2 Å². The van der Waals surface area contributed by atoms with Gasteiger partial charge in [0.1, 0.15) is 17.6 Å². The fourth-order valence-electron chi connectivity index (χ4n) is 4.05. The van der Waals surface area contributed by atoms with Gasteiger partial charge < -0.3 is 14.6 Å². The van der Waals surface area contributed by atoms with Gasteiger partial charge in [-0.2, -0.15) is 0 Å². The van der Waals surface area contributed by atoms with Gasteiger partial charge in [-0.15, -0.1) is 0 Å². The highest BCUT2D eigenvalue weighted by Crippen LogP contribution is 2.44. The summed E-state index contributed by atoms with van der Waals surface area (Å²) >= 11 is 18.4. The number of nitrogens with one attached hydrogen (secondary N) is 1. The number of nitrogens with zero attached hydrogens (tertiary/aromatic N) is 2. The van der Waals surface area contributed by atoms with Gasteiger partial charge in [-0.05, 0) is 73.2 Å². The summed E-state index contributed by atoms with van der Waals surface area (Å²) in [7, 11) is 0. The van der Waals surface area contributed by atoms with Gasteiger partial charge >= 0.3 is 0 Å². The largest absolute Gasteiger partial charge is 0.459 e. The van der Waals surface area contributed by atoms with Crippen molar-refractivity contribution in [2.24, 2.45) is 0 Å². The molecular formula is C25H19Cl2N3OS. The average Bonchev–Trinajstić information content (AvgIpc) is 3.41. The van der Waals surface area contributed by atoms with Crippen LogP contribution in [0.25, 0.3) is 11.3 Å². The van der Waals surface area contributed by atoms with E-state index < -0.39 is 0 Å². The Kier molecular flexibility index (Phi) is 5.64. The molecule has 0 amide bonds. The van der Waals surface area contributed by atoms with Gasteiger partial charge in [0.05, 0.1) is 21.8 Å². The van der Waals surface area contributed by atoms with Crippen molar-refractivity contribution in [3.63, 3.8) is 0 Å². The first kappa shape index (κ1) is 21.0. The van der Waals surface area contributed by atoms with Crippen LogP contribution in [0.5, 0.6) is 0 Å². The van der Waals surface area contributed by atoms with E-state index in [2.05, 4.69) is 34.3 Å². The highest BCUT2D eigenvalue weighted by Gasteiger charge is 2.42. The molecule has 0 saturated carbocycles. The zero-order valence-corrected chi connectivity index (χ0v) is 19.5. The molecular weight excluding hydrogens is 461 g/mol. The minimum absolute atomic E-state index is 0.182. The van der Waals surface area contributed by atoms with E-state index in [1.807, 2.05) is 54.6 Å². The summed E-state index contributed by atoms with van der Waals surface area (Å²) in [6.45, 7) is 2.06. The van der Waals surface area contributed by atoms with Crippen molar-refractivity contribution >= 4 is 46.2 Å². The molecule has 1 saturated heterocycles. The van der Waals surface area contributed by atoms with E-state index in [1.165, 1.54) is 0 Å². The number of furan rings is 1. The zero-order chi connectivity index (χ0) is 22.2. The number of anilines is 1. The molecule has 7 heteroatoms. The van der Waals surface area contributed by atoms with Crippen LogP contribution in [-0.4, -0.2) is 10.1 Å². The second-order valence-corrected chi connectivity index (χ2v) is 8.81. The Hall–Kier alpha value is -2.86. The molecule has 1 aliphatic heterocycles. The predicted molar refractivity (Wildman–Crippen MR) is 133 cm³/mol. The maximum Gasteiger partial charge on any atom is 0.174 e. The fraction of sp³-hybridized carbons (Fsp3) is 0.120. The van der Waals surface area contributed by atoms with E-state index in [4.69, 9.17) is 39.8 Å². The number of aryl methyl sites for hydroxylation is 1. The quantitative estimate of drug-likeness (QED) is 0.315. The first-order chi connectivity index (χ1) is 15.5. The van der Waals surface area contributed by atoms with E-state index in [0.29, 0.717) is 20.9 Å². The number of hydrogen-bond donors (Lipinski definition) is 1. The Balaban J connectivity index is 1.62. The van der Waals surface area contributed by atoms with Crippen LogP contribution in [-0.2, 0) is 0 Å². The lowest BCUT2D eigenvalue weighted by Gasteiger charge is -2.26. The molecule has 0 bridgehead atoms. The third-order valence-electron chi connectivity index (χ3n) is 5.51. The third kappa shape index (κ3) is 3.77. The molecule has 2 aromatic carbocycles. The van der Waals surface area contributed by atoms with E-state index in [-0.39, 0.29) is 12.1 Å². The molecule has 4 nitrogen and oxygen atoms in total. The summed E-state index contributed by atoms with van der Waals surface area (Å²) in [5.74, 6) is 1.40. The summed E-state index contributed by atoms with van der Waals surface area (Å²) in [5, 5.41) is 5.01. The SMILES string of the molecule is Cc1cccc(N2C(=S)N[C@H](c3ccccn3)[C@H]2c2ccc(-c3cccc(Cl)c3Cl)o2)c1. The van der Waals surface area contributed by atoms with Gasteiger partial charge in [-0.1, -0.05) is 47.5 Å². The van der Waals surface area contributed by atoms with E-state index in [0.717, 1.165) is 28.3 Å². The third-order valence-corrected chi connectivity index (χ3v) is 6.65. The van der Waals surface area contributed by atoms with Crippen LogP contribution in [0.3, 0.4) is 0 Å². The minimum Gasteiger partial charge on any atom is -0.459 e. The maximum atomic E-state index is 6.44. The van der Waals surface area contributed by atoms with Crippen molar-refractivity contribution in [1.29, 1.82) is 0 Å². The monoisotopic (exact) mass is 479 g/mol. The second kappa shape index (κ2) is 8.58. The number of rotatable bonds is 4. The van der Waals surface area contributed by atoms with Crippen LogP contribution >= 0.6 is 35.4 Å². The number of thiocarbonyl (C=S) groups is 1. The molecule has 0 unspecified atom stereocenters. The van der Waals surface area contributed by atoms with Crippen molar-refractivity contribution in [2.75, 3.05) is 4.90 Å². The standard InChI is InChI=1S/C25H19Cl2N3OS/c1-15-6-4-7-16(14-15)30-24(23(29-25(30)32)19-10-2-3-13-28-19)21-12-11-20(31-21)17-8-5-9-18(26)22(17)27/h2-14,23-24H,1H3,(H,29,32)/t23-,24-/m1/s1. The van der Waals surface area contributed by atoms with Crippen LogP contribution in [0, 0.1) is 6.92 Å². The van der Waals surface area contributed by atoms with E-state index >= 15 is 0 Å². The zero-order valence-electron chi connectivity index (χ0n) is 17.1. The Morgan fingerprint density at radius 2 is 1.84 bits per heavy atom. The van der Waals surface area contributed by atoms with Gasteiger partial charge in [0.2, 0.25) is 0 Å². The molecule has 1 fully saturated rings. The van der Waals surface area contributed by atoms with E-state index in [1.54, 1.807) is 12.3 Å². The van der Waals surface area contributed by atoms with Gasteiger partial charge in [0, 0.05) is 17.4 Å². The molecule has 0 radical (unpaired) electrons. The predicted octanol–water partition coefficient (Wildman–Crippen LogP) is 7.13. The van der Waals surface area contributed by atoms with Crippen LogP contribution in [0.2, 0.25) is 10.0 Å². The summed E-state index contributed by atoms with van der Waals surface area (Å²) < 4.78 is 6.36. The number of pyridine rings is 1. The summed E-state index contributed by atoms with van der Waals surface area (Å²) in [4.78, 5) is 6.67. The molecule has 1 aliphatic rings. The van der Waals surface area contributed by atoms with Crippen molar-refractivity contribution in [1.82, 2.24) is 10.3 Å². The number of halogens is 2. The van der Waals surface area contributed by atoms with E-state index in [9.17, 15) is 0 Å². The van der Waals surface area contributed by atoms with Gasteiger partial charge in [-0.3, -0.25) is 4.98 Å². The first-order valence-corrected chi connectivity index (χ1v) is 11.3. The van der Waals surface area contributed by atoms with Crippen LogP contribution in [0.15, 0.2) is 83.4 Å². The lowest BCUT2D eigenvalue weighted by Crippen LogP contribution is -2.29. The molecule has 160 valence electrons. The molecule has 32 heavy (non-hydrogen) atoms. The molecule has 0 spiro atoms. The molecule has 2 atom stereocenters. The van der Waals surface area contributed by atoms with Crippen molar-refractivity contribution in [3.05, 3.63) is 106 Å². The average molecular weight is 480 g/mol. The first-order valence-electron chi connectivity index (χ1n) is 10.1. The lowest BCUT2D eigenvalue weighted by molar-refractivity contribution is 0.439. The normalized spacial score (nSPS) is 18.1. The molecule has 3 heterocycles. The van der Waals surface area contributed by atoms with Crippen molar-refractivity contribution in [2.45, 2.75) is 19.0 Å². The number of aromatic nitrogens is 1. The maximum absolute atomic E-state index is 6.44. The fourth-order valence-corrected chi connectivity index (χ4v) is 4.79. The Morgan fingerprint density at radius 3 is 2.62 bits per heavy atom. The van der Waals surface area contributed by atoms with Crippen molar-refractivity contribution < 1.29 is 4.42 Å². The number of hydrogen-bond acceptors (Lipinski definition) is 3.